The van der Waals surface area contributed by atoms with Crippen molar-refractivity contribution in [2.75, 3.05) is 13.2 Å². The Labute approximate surface area is 147 Å². The van der Waals surface area contributed by atoms with Gasteiger partial charge in [0.1, 0.15) is 6.04 Å². The largest absolute Gasteiger partial charge is 0.464 e. The van der Waals surface area contributed by atoms with Crippen LogP contribution in [0, 0.1) is 0 Å². The fraction of sp³-hybridized carbons (Fsp3) is 0.789. The summed E-state index contributed by atoms with van der Waals surface area (Å²) >= 11 is 0. The minimum atomic E-state index is -0.721. The normalized spacial score (nSPS) is 11.6. The van der Waals surface area contributed by atoms with Crippen LogP contribution in [-0.4, -0.2) is 31.3 Å². The molecule has 0 radical (unpaired) electrons. The molecule has 0 heterocycles. The first kappa shape index (κ1) is 22.5. The Morgan fingerprint density at radius 2 is 1.46 bits per heavy atom. The number of amides is 1. The van der Waals surface area contributed by atoms with E-state index in [1.165, 1.54) is 25.7 Å². The summed E-state index contributed by atoms with van der Waals surface area (Å²) in [4.78, 5) is 23.7. The van der Waals surface area contributed by atoms with Crippen molar-refractivity contribution in [1.82, 2.24) is 5.32 Å². The summed E-state index contributed by atoms with van der Waals surface area (Å²) in [6.45, 7) is 8.64. The van der Waals surface area contributed by atoms with Gasteiger partial charge in [0.05, 0.1) is 13.2 Å². The molecule has 1 N–H and O–H groups in total. The molecule has 0 aromatic heterocycles. The van der Waals surface area contributed by atoms with Crippen molar-refractivity contribution in [3.8, 4) is 0 Å². The number of carbonyl (C=O) groups is 2. The Morgan fingerprint density at radius 1 is 0.917 bits per heavy atom. The lowest BCUT2D eigenvalue weighted by atomic mass is 10.1. The Kier molecular flexibility index (Phi) is 15.3. The van der Waals surface area contributed by atoms with E-state index in [1.807, 2.05) is 0 Å². The number of ether oxygens (including phenoxy) is 2. The molecule has 0 rings (SSSR count). The first-order chi connectivity index (χ1) is 11.7. The second-order valence-electron chi connectivity index (χ2n) is 6.00. The van der Waals surface area contributed by atoms with E-state index in [2.05, 4.69) is 25.7 Å². The summed E-state index contributed by atoms with van der Waals surface area (Å²) in [5.74, 6) is -0.428. The second-order valence-corrected chi connectivity index (χ2v) is 6.00. The van der Waals surface area contributed by atoms with Gasteiger partial charge in [-0.15, -0.1) is 6.58 Å². The number of alkyl carbamates (subject to hydrolysis) is 1. The Hall–Kier alpha value is -1.52. The standard InChI is InChI=1S/C19H35NO4/c1-4-7-9-10-11-13-16-24-19(22)20-17(14-6-3)18(21)23-15-12-8-5-2/h6,17H,3-5,7-16H2,1-2H3,(H,20,22). The first-order valence-electron chi connectivity index (χ1n) is 9.36. The van der Waals surface area contributed by atoms with Gasteiger partial charge < -0.3 is 14.8 Å². The van der Waals surface area contributed by atoms with Gasteiger partial charge in [0, 0.05) is 0 Å². The zero-order chi connectivity index (χ0) is 18.0. The fourth-order valence-electron chi connectivity index (χ4n) is 2.24. The second kappa shape index (κ2) is 16.3. The predicted molar refractivity (Wildman–Crippen MR) is 96.9 cm³/mol. The maximum Gasteiger partial charge on any atom is 0.407 e. The molecule has 140 valence electrons. The third-order valence-electron chi connectivity index (χ3n) is 3.70. The van der Waals surface area contributed by atoms with Gasteiger partial charge in [0.15, 0.2) is 0 Å². The van der Waals surface area contributed by atoms with E-state index < -0.39 is 18.1 Å². The average molecular weight is 341 g/mol. The third kappa shape index (κ3) is 13.0. The zero-order valence-electron chi connectivity index (χ0n) is 15.5. The molecular weight excluding hydrogens is 306 g/mol. The number of esters is 1. The van der Waals surface area contributed by atoms with Crippen molar-refractivity contribution in [2.45, 2.75) is 84.1 Å². The van der Waals surface area contributed by atoms with Crippen molar-refractivity contribution in [2.24, 2.45) is 0 Å². The van der Waals surface area contributed by atoms with Crippen LogP contribution in [0.1, 0.15) is 78.1 Å². The lowest BCUT2D eigenvalue weighted by Crippen LogP contribution is -2.42. The van der Waals surface area contributed by atoms with Gasteiger partial charge in [-0.05, 0) is 19.3 Å². The first-order valence-corrected chi connectivity index (χ1v) is 9.36. The SMILES string of the molecule is C=CCC(NC(=O)OCCCCCCCC)C(=O)OCCCCC. The highest BCUT2D eigenvalue weighted by molar-refractivity contribution is 5.81. The molecule has 0 saturated heterocycles. The molecule has 0 aliphatic carbocycles. The molecule has 1 atom stereocenters. The molecule has 0 fully saturated rings. The monoisotopic (exact) mass is 341 g/mol. The van der Waals surface area contributed by atoms with Crippen LogP contribution in [0.4, 0.5) is 4.79 Å². The van der Waals surface area contributed by atoms with Crippen molar-refractivity contribution in [3.63, 3.8) is 0 Å². The number of hydrogen-bond donors (Lipinski definition) is 1. The molecule has 1 amide bonds. The zero-order valence-corrected chi connectivity index (χ0v) is 15.5. The van der Waals surface area contributed by atoms with Gasteiger partial charge >= 0.3 is 12.1 Å². The maximum absolute atomic E-state index is 12.0. The molecule has 24 heavy (non-hydrogen) atoms. The molecule has 0 spiro atoms. The van der Waals surface area contributed by atoms with Gasteiger partial charge in [-0.2, -0.15) is 0 Å². The number of hydrogen-bond acceptors (Lipinski definition) is 4. The highest BCUT2D eigenvalue weighted by Gasteiger charge is 2.21. The lowest BCUT2D eigenvalue weighted by molar-refractivity contribution is -0.146. The van der Waals surface area contributed by atoms with E-state index in [1.54, 1.807) is 6.08 Å². The minimum Gasteiger partial charge on any atom is -0.464 e. The molecule has 1 unspecified atom stereocenters. The van der Waals surface area contributed by atoms with E-state index in [4.69, 9.17) is 9.47 Å². The van der Waals surface area contributed by atoms with Crippen LogP contribution in [0.3, 0.4) is 0 Å². The van der Waals surface area contributed by atoms with Crippen LogP contribution in [0.15, 0.2) is 12.7 Å². The van der Waals surface area contributed by atoms with Crippen LogP contribution in [0.25, 0.3) is 0 Å². The van der Waals surface area contributed by atoms with Crippen LogP contribution in [0.2, 0.25) is 0 Å². The Balaban J connectivity index is 3.92. The number of nitrogens with one attached hydrogen (secondary N) is 1. The summed E-state index contributed by atoms with van der Waals surface area (Å²) < 4.78 is 10.3. The summed E-state index contributed by atoms with van der Waals surface area (Å²) in [6.07, 6.45) is 11.1. The van der Waals surface area contributed by atoms with Crippen LogP contribution in [-0.2, 0) is 14.3 Å². The maximum atomic E-state index is 12.0. The van der Waals surface area contributed by atoms with Gasteiger partial charge in [0.2, 0.25) is 0 Å². The summed E-state index contributed by atoms with van der Waals surface area (Å²) in [5, 5.41) is 2.56. The molecule has 5 nitrogen and oxygen atoms in total. The van der Waals surface area contributed by atoms with Crippen LogP contribution >= 0.6 is 0 Å². The number of carbonyl (C=O) groups excluding carboxylic acids is 2. The Morgan fingerprint density at radius 3 is 2.12 bits per heavy atom. The summed E-state index contributed by atoms with van der Waals surface area (Å²) in [7, 11) is 0. The van der Waals surface area contributed by atoms with Gasteiger partial charge in [-0.3, -0.25) is 0 Å². The van der Waals surface area contributed by atoms with Crippen LogP contribution in [0.5, 0.6) is 0 Å². The molecular formula is C19H35NO4. The van der Waals surface area contributed by atoms with Crippen molar-refractivity contribution < 1.29 is 19.1 Å². The average Bonchev–Trinajstić information content (AvgIpc) is 2.57. The highest BCUT2D eigenvalue weighted by Crippen LogP contribution is 2.05. The molecule has 0 saturated carbocycles. The molecule has 0 bridgehead atoms. The van der Waals surface area contributed by atoms with E-state index in [9.17, 15) is 9.59 Å². The van der Waals surface area contributed by atoms with Gasteiger partial charge in [-0.25, -0.2) is 9.59 Å². The molecule has 0 aromatic rings. The number of rotatable bonds is 15. The molecule has 0 aliphatic rings. The fourth-order valence-corrected chi connectivity index (χ4v) is 2.24. The highest BCUT2D eigenvalue weighted by atomic mass is 16.6. The Bertz CT molecular complexity index is 344. The molecule has 0 aromatic carbocycles. The van der Waals surface area contributed by atoms with E-state index in [0.717, 1.165) is 32.1 Å². The van der Waals surface area contributed by atoms with Crippen molar-refractivity contribution >= 4 is 12.1 Å². The van der Waals surface area contributed by atoms with E-state index >= 15 is 0 Å². The summed E-state index contributed by atoms with van der Waals surface area (Å²) in [6, 6.07) is -0.721. The van der Waals surface area contributed by atoms with E-state index in [0.29, 0.717) is 19.6 Å². The van der Waals surface area contributed by atoms with Crippen molar-refractivity contribution in [1.29, 1.82) is 0 Å². The lowest BCUT2D eigenvalue weighted by Gasteiger charge is -2.16. The van der Waals surface area contributed by atoms with Gasteiger partial charge in [-0.1, -0.05) is 64.9 Å². The van der Waals surface area contributed by atoms with Crippen LogP contribution < -0.4 is 5.32 Å². The smallest absolute Gasteiger partial charge is 0.407 e. The molecule has 5 heteroatoms. The van der Waals surface area contributed by atoms with Crippen molar-refractivity contribution in [3.05, 3.63) is 12.7 Å². The third-order valence-corrected chi connectivity index (χ3v) is 3.70. The predicted octanol–water partition coefficient (Wildman–Crippen LogP) is 4.75. The topological polar surface area (TPSA) is 64.6 Å². The number of unbranched alkanes of at least 4 members (excludes halogenated alkanes) is 7. The quantitative estimate of drug-likeness (QED) is 0.265. The van der Waals surface area contributed by atoms with Gasteiger partial charge in [0.25, 0.3) is 0 Å². The van der Waals surface area contributed by atoms with E-state index in [-0.39, 0.29) is 0 Å². The molecule has 0 aliphatic heterocycles. The summed E-state index contributed by atoms with van der Waals surface area (Å²) in [5.41, 5.74) is 0. The minimum absolute atomic E-state index is 0.332.